The molecule has 1 saturated carbocycles. The second-order valence-electron chi connectivity index (χ2n) is 3.79. The van der Waals surface area contributed by atoms with E-state index in [1.807, 2.05) is 0 Å². The number of carbonyl (C=O) groups excluding carboxylic acids is 2. The molecule has 84 valence electrons. The molecule has 1 aliphatic carbocycles. The molecule has 15 heavy (non-hydrogen) atoms. The third kappa shape index (κ3) is 1.41. The summed E-state index contributed by atoms with van der Waals surface area (Å²) in [6.07, 6.45) is -4.25. The van der Waals surface area contributed by atoms with Crippen molar-refractivity contribution in [3.8, 4) is 0 Å². The zero-order valence-corrected chi connectivity index (χ0v) is 7.62. The molecular weight excluding hydrogens is 213 g/mol. The van der Waals surface area contributed by atoms with Gasteiger partial charge in [0.1, 0.15) is 6.04 Å². The topological polar surface area (TPSA) is 63.4 Å². The summed E-state index contributed by atoms with van der Waals surface area (Å²) in [6.45, 7) is -0.777. The zero-order chi connectivity index (χ0) is 11.4. The van der Waals surface area contributed by atoms with E-state index < -0.39 is 42.4 Å². The molecule has 3 unspecified atom stereocenters. The highest BCUT2D eigenvalue weighted by atomic mass is 19.4. The molecule has 1 saturated heterocycles. The fourth-order valence-corrected chi connectivity index (χ4v) is 1.90. The number of piperidine rings is 1. The minimum Gasteiger partial charge on any atom is -0.328 e. The van der Waals surface area contributed by atoms with Gasteiger partial charge in [0.15, 0.2) is 0 Å². The minimum atomic E-state index is -4.64. The number of nitrogens with zero attached hydrogens (tertiary/aromatic N) is 1. The summed E-state index contributed by atoms with van der Waals surface area (Å²) in [5.74, 6) is -2.49. The number of halogens is 3. The van der Waals surface area contributed by atoms with E-state index in [4.69, 9.17) is 5.73 Å². The SMILES string of the molecule is NCC(N1C(=O)C2CC2C1=O)C(F)(F)F. The van der Waals surface area contributed by atoms with Crippen molar-refractivity contribution in [1.29, 1.82) is 0 Å². The van der Waals surface area contributed by atoms with Gasteiger partial charge < -0.3 is 5.73 Å². The van der Waals surface area contributed by atoms with Crippen molar-refractivity contribution in [2.45, 2.75) is 18.6 Å². The van der Waals surface area contributed by atoms with Crippen molar-refractivity contribution in [1.82, 2.24) is 4.90 Å². The molecule has 0 aromatic rings. The van der Waals surface area contributed by atoms with Crippen LogP contribution in [0.2, 0.25) is 0 Å². The van der Waals surface area contributed by atoms with Gasteiger partial charge in [0.2, 0.25) is 11.8 Å². The van der Waals surface area contributed by atoms with E-state index in [9.17, 15) is 22.8 Å². The Morgan fingerprint density at radius 2 is 1.80 bits per heavy atom. The lowest BCUT2D eigenvalue weighted by Crippen LogP contribution is -2.53. The molecule has 1 aliphatic heterocycles. The van der Waals surface area contributed by atoms with Crippen LogP contribution in [0.1, 0.15) is 6.42 Å². The van der Waals surface area contributed by atoms with Crippen LogP contribution in [0.15, 0.2) is 0 Å². The maximum atomic E-state index is 12.4. The first-order chi connectivity index (χ1) is 6.88. The van der Waals surface area contributed by atoms with Gasteiger partial charge in [-0.15, -0.1) is 0 Å². The van der Waals surface area contributed by atoms with Crippen molar-refractivity contribution in [3.63, 3.8) is 0 Å². The van der Waals surface area contributed by atoms with Gasteiger partial charge in [-0.2, -0.15) is 13.2 Å². The molecule has 1 heterocycles. The molecule has 3 atom stereocenters. The molecule has 0 bridgehead atoms. The summed E-state index contributed by atoms with van der Waals surface area (Å²) in [5.41, 5.74) is 4.96. The zero-order valence-electron chi connectivity index (χ0n) is 7.62. The van der Waals surface area contributed by atoms with Gasteiger partial charge in [-0.1, -0.05) is 0 Å². The maximum Gasteiger partial charge on any atom is 0.410 e. The average Bonchev–Trinajstić information content (AvgIpc) is 2.84. The average molecular weight is 222 g/mol. The molecule has 0 aromatic carbocycles. The Balaban J connectivity index is 2.23. The van der Waals surface area contributed by atoms with E-state index in [-0.39, 0.29) is 0 Å². The lowest BCUT2D eigenvalue weighted by molar-refractivity contribution is -0.189. The van der Waals surface area contributed by atoms with Gasteiger partial charge in [-0.05, 0) is 6.42 Å². The Kier molecular flexibility index (Phi) is 2.04. The predicted molar refractivity (Wildman–Crippen MR) is 42.3 cm³/mol. The third-order valence-corrected chi connectivity index (χ3v) is 2.81. The Hall–Kier alpha value is -1.11. The van der Waals surface area contributed by atoms with Crippen LogP contribution in [0, 0.1) is 11.8 Å². The smallest absolute Gasteiger partial charge is 0.328 e. The monoisotopic (exact) mass is 222 g/mol. The van der Waals surface area contributed by atoms with Crippen molar-refractivity contribution < 1.29 is 22.8 Å². The number of likely N-dealkylation sites (tertiary alicyclic amines) is 1. The Morgan fingerprint density at radius 3 is 2.13 bits per heavy atom. The highest BCUT2D eigenvalue weighted by Crippen LogP contribution is 2.48. The number of alkyl halides is 3. The lowest BCUT2D eigenvalue weighted by atomic mass is 10.2. The third-order valence-electron chi connectivity index (χ3n) is 2.81. The number of rotatable bonds is 2. The van der Waals surface area contributed by atoms with Crippen LogP contribution in [-0.2, 0) is 9.59 Å². The molecular formula is C8H9F3N2O2. The number of nitrogens with two attached hydrogens (primary N) is 1. The van der Waals surface area contributed by atoms with Gasteiger partial charge >= 0.3 is 6.18 Å². The summed E-state index contributed by atoms with van der Waals surface area (Å²) in [6, 6.07) is -2.16. The highest BCUT2D eigenvalue weighted by Gasteiger charge is 2.63. The van der Waals surface area contributed by atoms with Crippen molar-refractivity contribution in [2.24, 2.45) is 17.6 Å². The van der Waals surface area contributed by atoms with E-state index in [0.29, 0.717) is 11.3 Å². The normalized spacial score (nSPS) is 31.9. The van der Waals surface area contributed by atoms with Gasteiger partial charge in [-0.25, -0.2) is 0 Å². The molecule has 0 radical (unpaired) electrons. The number of imide groups is 1. The van der Waals surface area contributed by atoms with E-state index >= 15 is 0 Å². The molecule has 0 spiro atoms. The fraction of sp³-hybridized carbons (Fsp3) is 0.750. The second-order valence-corrected chi connectivity index (χ2v) is 3.79. The minimum absolute atomic E-state index is 0.291. The van der Waals surface area contributed by atoms with Gasteiger partial charge in [0.05, 0.1) is 11.8 Å². The van der Waals surface area contributed by atoms with E-state index in [0.717, 1.165) is 0 Å². The number of fused-ring (bicyclic) bond motifs is 1. The van der Waals surface area contributed by atoms with E-state index in [1.54, 1.807) is 0 Å². The van der Waals surface area contributed by atoms with Crippen LogP contribution in [0.25, 0.3) is 0 Å². The first kappa shape index (κ1) is 10.4. The van der Waals surface area contributed by atoms with Crippen molar-refractivity contribution in [3.05, 3.63) is 0 Å². The largest absolute Gasteiger partial charge is 0.410 e. The molecule has 4 nitrogen and oxygen atoms in total. The van der Waals surface area contributed by atoms with E-state index in [2.05, 4.69) is 0 Å². The molecule has 2 N–H and O–H groups in total. The first-order valence-electron chi connectivity index (χ1n) is 4.51. The summed E-state index contributed by atoms with van der Waals surface area (Å²) in [4.78, 5) is 23.0. The quantitative estimate of drug-likeness (QED) is 0.662. The van der Waals surface area contributed by atoms with Crippen molar-refractivity contribution >= 4 is 11.8 Å². The maximum absolute atomic E-state index is 12.4. The van der Waals surface area contributed by atoms with Crippen LogP contribution in [0.5, 0.6) is 0 Å². The van der Waals surface area contributed by atoms with Crippen molar-refractivity contribution in [2.75, 3.05) is 6.54 Å². The number of carbonyl (C=O) groups is 2. The standard InChI is InChI=1S/C8H9F3N2O2/c9-8(10,11)5(2-12)13-6(14)3-1-4(3)7(13)15/h3-5H,1-2,12H2. The molecule has 2 aliphatic rings. The summed E-state index contributed by atoms with van der Waals surface area (Å²) in [5, 5.41) is 0. The first-order valence-corrected chi connectivity index (χ1v) is 4.51. The Labute approximate surface area is 83.2 Å². The highest BCUT2D eigenvalue weighted by molar-refractivity contribution is 6.09. The van der Waals surface area contributed by atoms with Crippen LogP contribution in [0.3, 0.4) is 0 Å². The molecule has 7 heteroatoms. The van der Waals surface area contributed by atoms with Crippen LogP contribution in [-0.4, -0.2) is 35.5 Å². The number of amides is 2. The summed E-state index contributed by atoms with van der Waals surface area (Å²) >= 11 is 0. The second kappa shape index (κ2) is 2.94. The molecule has 2 fully saturated rings. The van der Waals surface area contributed by atoms with Gasteiger partial charge in [0, 0.05) is 6.54 Å². The summed E-state index contributed by atoms with van der Waals surface area (Å²) < 4.78 is 37.3. The predicted octanol–water partition coefficient (Wildman–Crippen LogP) is -0.119. The lowest BCUT2D eigenvalue weighted by Gasteiger charge is -2.28. The van der Waals surface area contributed by atoms with Crippen LogP contribution in [0.4, 0.5) is 13.2 Å². The van der Waals surface area contributed by atoms with E-state index in [1.165, 1.54) is 0 Å². The van der Waals surface area contributed by atoms with Gasteiger partial charge in [0.25, 0.3) is 0 Å². The molecule has 0 aromatic heterocycles. The Bertz CT molecular complexity index is 308. The number of hydrogen-bond acceptors (Lipinski definition) is 3. The Morgan fingerprint density at radius 1 is 1.33 bits per heavy atom. The fourth-order valence-electron chi connectivity index (χ4n) is 1.90. The van der Waals surface area contributed by atoms with Crippen LogP contribution >= 0.6 is 0 Å². The molecule has 2 rings (SSSR count). The van der Waals surface area contributed by atoms with Crippen LogP contribution < -0.4 is 5.73 Å². The number of hydrogen-bond donors (Lipinski definition) is 1. The van der Waals surface area contributed by atoms with Gasteiger partial charge in [-0.3, -0.25) is 14.5 Å². The summed E-state index contributed by atoms with van der Waals surface area (Å²) in [7, 11) is 0. The molecule has 2 amide bonds.